The van der Waals surface area contributed by atoms with Gasteiger partial charge in [0, 0.05) is 18.9 Å². The predicted octanol–water partition coefficient (Wildman–Crippen LogP) is 1.11. The van der Waals surface area contributed by atoms with Crippen molar-refractivity contribution in [3.63, 3.8) is 0 Å². The third-order valence-corrected chi connectivity index (χ3v) is 2.69. The summed E-state index contributed by atoms with van der Waals surface area (Å²) in [7, 11) is 1.85. The minimum absolute atomic E-state index is 0.642. The Morgan fingerprint density at radius 1 is 1.20 bits per heavy atom. The molecular formula is C10H15N5. The third kappa shape index (κ3) is 1.40. The lowest BCUT2D eigenvalue weighted by Crippen LogP contribution is -2.03. The van der Waals surface area contributed by atoms with E-state index in [2.05, 4.69) is 10.2 Å². The van der Waals surface area contributed by atoms with Crippen LogP contribution < -0.4 is 5.73 Å². The number of rotatable bonds is 1. The zero-order valence-corrected chi connectivity index (χ0v) is 9.44. The summed E-state index contributed by atoms with van der Waals surface area (Å²) in [6.45, 7) is 6.05. The molecule has 5 nitrogen and oxygen atoms in total. The molecule has 0 aliphatic heterocycles. The molecule has 0 bridgehead atoms. The molecule has 2 rings (SSSR count). The van der Waals surface area contributed by atoms with Gasteiger partial charge in [-0.1, -0.05) is 0 Å². The average Bonchev–Trinajstić information content (AvgIpc) is 2.61. The summed E-state index contributed by atoms with van der Waals surface area (Å²) in [6.07, 6.45) is 1.78. The Morgan fingerprint density at radius 3 is 2.27 bits per heavy atom. The summed E-state index contributed by atoms with van der Waals surface area (Å²) in [5.74, 6) is 0.700. The summed E-state index contributed by atoms with van der Waals surface area (Å²) < 4.78 is 3.48. The Hall–Kier alpha value is -1.78. The molecule has 0 unspecified atom stereocenters. The van der Waals surface area contributed by atoms with Gasteiger partial charge in [-0.2, -0.15) is 10.2 Å². The van der Waals surface area contributed by atoms with Gasteiger partial charge in [-0.05, 0) is 26.3 Å². The first-order valence-corrected chi connectivity index (χ1v) is 4.83. The Labute approximate surface area is 88.5 Å². The highest BCUT2D eigenvalue weighted by molar-refractivity contribution is 5.52. The van der Waals surface area contributed by atoms with E-state index in [0.717, 1.165) is 11.4 Å². The maximum absolute atomic E-state index is 5.86. The van der Waals surface area contributed by atoms with Crippen LogP contribution in [0.5, 0.6) is 0 Å². The standard InChI is InChI=1S/C10H15N5/c1-6-7(2)12-15(8(6)3)10-9(11)5-14(4)13-10/h5H,11H2,1-4H3. The fourth-order valence-electron chi connectivity index (χ4n) is 1.59. The molecule has 0 spiro atoms. The molecule has 2 aromatic rings. The minimum atomic E-state index is 0.642. The van der Waals surface area contributed by atoms with Gasteiger partial charge < -0.3 is 5.73 Å². The van der Waals surface area contributed by atoms with Crippen molar-refractivity contribution < 1.29 is 0 Å². The van der Waals surface area contributed by atoms with E-state index in [0.29, 0.717) is 11.5 Å². The molecule has 0 aliphatic carbocycles. The number of aryl methyl sites for hydroxylation is 2. The lowest BCUT2D eigenvalue weighted by atomic mass is 10.2. The van der Waals surface area contributed by atoms with Crippen molar-refractivity contribution in [2.24, 2.45) is 7.05 Å². The number of anilines is 1. The second kappa shape index (κ2) is 3.12. The van der Waals surface area contributed by atoms with E-state index in [4.69, 9.17) is 5.73 Å². The fraction of sp³-hybridized carbons (Fsp3) is 0.400. The molecule has 2 heterocycles. The van der Waals surface area contributed by atoms with E-state index < -0.39 is 0 Å². The van der Waals surface area contributed by atoms with Crippen molar-refractivity contribution in [3.05, 3.63) is 23.1 Å². The van der Waals surface area contributed by atoms with Crippen LogP contribution in [-0.2, 0) is 7.05 Å². The van der Waals surface area contributed by atoms with Gasteiger partial charge in [-0.25, -0.2) is 4.68 Å². The number of hydrogen-bond acceptors (Lipinski definition) is 3. The van der Waals surface area contributed by atoms with E-state index >= 15 is 0 Å². The first-order chi connectivity index (χ1) is 7.00. The molecule has 0 aliphatic rings. The van der Waals surface area contributed by atoms with Crippen molar-refractivity contribution in [2.75, 3.05) is 5.73 Å². The summed E-state index contributed by atoms with van der Waals surface area (Å²) in [5, 5.41) is 8.70. The van der Waals surface area contributed by atoms with Gasteiger partial charge in [0.2, 0.25) is 0 Å². The van der Waals surface area contributed by atoms with Crippen molar-refractivity contribution in [2.45, 2.75) is 20.8 Å². The van der Waals surface area contributed by atoms with Crippen molar-refractivity contribution in [3.8, 4) is 5.82 Å². The number of aromatic nitrogens is 4. The number of nitrogen functional groups attached to an aromatic ring is 1. The highest BCUT2D eigenvalue weighted by Gasteiger charge is 2.13. The van der Waals surface area contributed by atoms with Crippen molar-refractivity contribution in [1.29, 1.82) is 0 Å². The van der Waals surface area contributed by atoms with Crippen molar-refractivity contribution >= 4 is 5.69 Å². The molecule has 0 fully saturated rings. The first kappa shape index (κ1) is 9.76. The first-order valence-electron chi connectivity index (χ1n) is 4.83. The van der Waals surface area contributed by atoms with Crippen LogP contribution >= 0.6 is 0 Å². The second-order valence-corrected chi connectivity index (χ2v) is 3.79. The van der Waals surface area contributed by atoms with Gasteiger partial charge >= 0.3 is 0 Å². The average molecular weight is 205 g/mol. The van der Waals surface area contributed by atoms with Gasteiger partial charge in [-0.15, -0.1) is 0 Å². The topological polar surface area (TPSA) is 61.7 Å². The minimum Gasteiger partial charge on any atom is -0.394 e. The summed E-state index contributed by atoms with van der Waals surface area (Å²) in [5.41, 5.74) is 9.77. The molecule has 0 saturated carbocycles. The van der Waals surface area contributed by atoms with Crippen LogP contribution in [-0.4, -0.2) is 19.6 Å². The Morgan fingerprint density at radius 2 is 1.87 bits per heavy atom. The van der Waals surface area contributed by atoms with E-state index in [1.807, 2.05) is 27.8 Å². The Balaban J connectivity index is 2.64. The van der Waals surface area contributed by atoms with Crippen LogP contribution in [0.3, 0.4) is 0 Å². The van der Waals surface area contributed by atoms with Gasteiger partial charge in [0.15, 0.2) is 5.82 Å². The van der Waals surface area contributed by atoms with Gasteiger partial charge in [0.25, 0.3) is 0 Å². The zero-order chi connectivity index (χ0) is 11.2. The van der Waals surface area contributed by atoms with E-state index in [-0.39, 0.29) is 0 Å². The number of hydrogen-bond donors (Lipinski definition) is 1. The van der Waals surface area contributed by atoms with Crippen LogP contribution in [0.4, 0.5) is 5.69 Å². The largest absolute Gasteiger partial charge is 0.394 e. The molecule has 80 valence electrons. The molecule has 2 N–H and O–H groups in total. The van der Waals surface area contributed by atoms with Gasteiger partial charge in [0.05, 0.1) is 11.4 Å². The molecule has 0 aromatic carbocycles. The summed E-state index contributed by atoms with van der Waals surface area (Å²) in [6, 6.07) is 0. The summed E-state index contributed by atoms with van der Waals surface area (Å²) >= 11 is 0. The van der Waals surface area contributed by atoms with Crippen LogP contribution in [0.2, 0.25) is 0 Å². The molecule has 15 heavy (non-hydrogen) atoms. The molecule has 2 aromatic heterocycles. The smallest absolute Gasteiger partial charge is 0.198 e. The molecule has 0 amide bonds. The lowest BCUT2D eigenvalue weighted by Gasteiger charge is -2.00. The highest BCUT2D eigenvalue weighted by Crippen LogP contribution is 2.19. The van der Waals surface area contributed by atoms with Crippen LogP contribution in [0, 0.1) is 20.8 Å². The Bertz CT molecular complexity index is 506. The molecule has 0 radical (unpaired) electrons. The fourth-order valence-corrected chi connectivity index (χ4v) is 1.59. The monoisotopic (exact) mass is 205 g/mol. The third-order valence-electron chi connectivity index (χ3n) is 2.69. The Kier molecular flexibility index (Phi) is 2.03. The van der Waals surface area contributed by atoms with Gasteiger partial charge in [0.1, 0.15) is 0 Å². The zero-order valence-electron chi connectivity index (χ0n) is 9.44. The normalized spacial score (nSPS) is 10.9. The van der Waals surface area contributed by atoms with Crippen LogP contribution in [0.15, 0.2) is 6.20 Å². The second-order valence-electron chi connectivity index (χ2n) is 3.79. The van der Waals surface area contributed by atoms with Crippen LogP contribution in [0.25, 0.3) is 5.82 Å². The van der Waals surface area contributed by atoms with Crippen molar-refractivity contribution in [1.82, 2.24) is 19.6 Å². The van der Waals surface area contributed by atoms with E-state index in [1.54, 1.807) is 15.6 Å². The maximum Gasteiger partial charge on any atom is 0.198 e. The van der Waals surface area contributed by atoms with E-state index in [1.165, 1.54) is 5.56 Å². The molecule has 0 saturated heterocycles. The number of nitrogens with two attached hydrogens (primary N) is 1. The number of nitrogens with zero attached hydrogens (tertiary/aromatic N) is 4. The quantitative estimate of drug-likeness (QED) is 0.758. The molecule has 0 atom stereocenters. The van der Waals surface area contributed by atoms with Crippen LogP contribution in [0.1, 0.15) is 17.0 Å². The molecule has 5 heteroatoms. The SMILES string of the molecule is Cc1nn(-c2nn(C)cc2N)c(C)c1C. The summed E-state index contributed by atoms with van der Waals surface area (Å²) in [4.78, 5) is 0. The maximum atomic E-state index is 5.86. The lowest BCUT2D eigenvalue weighted by molar-refractivity contribution is 0.721. The van der Waals surface area contributed by atoms with Gasteiger partial charge in [-0.3, -0.25) is 4.68 Å². The predicted molar refractivity (Wildman–Crippen MR) is 59.0 cm³/mol. The molecular weight excluding hydrogens is 190 g/mol. The van der Waals surface area contributed by atoms with E-state index in [9.17, 15) is 0 Å². The highest BCUT2D eigenvalue weighted by atomic mass is 15.4.